The second-order valence-corrected chi connectivity index (χ2v) is 8.76. The summed E-state index contributed by atoms with van der Waals surface area (Å²) in [6, 6.07) is 9.82. The maximum Gasteiger partial charge on any atom is 0.260 e. The first kappa shape index (κ1) is 20.5. The van der Waals surface area contributed by atoms with Crippen LogP contribution in [-0.2, 0) is 4.79 Å². The Morgan fingerprint density at radius 3 is 2.47 bits per heavy atom. The van der Waals surface area contributed by atoms with Crippen molar-refractivity contribution in [2.45, 2.75) is 52.6 Å². The largest absolute Gasteiger partial charge is 0.486 e. The average molecular weight is 408 g/mol. The van der Waals surface area contributed by atoms with Crippen molar-refractivity contribution in [1.29, 1.82) is 0 Å². The molecule has 0 unspecified atom stereocenters. The highest BCUT2D eigenvalue weighted by Gasteiger charge is 2.44. The van der Waals surface area contributed by atoms with E-state index in [1.54, 1.807) is 0 Å². The van der Waals surface area contributed by atoms with Crippen LogP contribution in [0.2, 0.25) is 0 Å². The zero-order chi connectivity index (χ0) is 21.5. The Labute approximate surface area is 178 Å². The lowest BCUT2D eigenvalue weighted by molar-refractivity contribution is -0.136. The number of Topliss-reactive ketones (excluding diaryl/α,β-unsaturated/α-hetero) is 1. The van der Waals surface area contributed by atoms with Crippen LogP contribution in [0.5, 0.6) is 11.5 Å². The normalized spacial score (nSPS) is 17.5. The highest BCUT2D eigenvalue weighted by atomic mass is 16.5. The Bertz CT molecular complexity index is 1000. The van der Waals surface area contributed by atoms with Gasteiger partial charge in [-0.15, -0.1) is 0 Å². The minimum atomic E-state index is -0.504. The summed E-state index contributed by atoms with van der Waals surface area (Å²) in [5.74, 6) is 1.52. The van der Waals surface area contributed by atoms with E-state index in [-0.39, 0.29) is 18.3 Å². The molecule has 0 N–H and O–H groups in total. The number of ether oxygens (including phenoxy) is 2. The van der Waals surface area contributed by atoms with Gasteiger partial charge >= 0.3 is 0 Å². The predicted molar refractivity (Wildman–Crippen MR) is 115 cm³/mol. The number of fused-ring (bicyclic) bond motifs is 1. The van der Waals surface area contributed by atoms with E-state index in [0.29, 0.717) is 49.4 Å². The molecule has 0 bridgehead atoms. The maximum absolute atomic E-state index is 12.8. The van der Waals surface area contributed by atoms with Gasteiger partial charge in [0.05, 0.1) is 12.0 Å². The number of aryl methyl sites for hydroxylation is 4. The maximum atomic E-state index is 12.8. The Kier molecular flexibility index (Phi) is 5.31. The number of rotatable bonds is 3. The smallest absolute Gasteiger partial charge is 0.260 e. The summed E-state index contributed by atoms with van der Waals surface area (Å²) in [6.45, 7) is 9.22. The second-order valence-electron chi connectivity index (χ2n) is 8.76. The van der Waals surface area contributed by atoms with Crippen molar-refractivity contribution in [2.75, 3.05) is 19.7 Å². The van der Waals surface area contributed by atoms with Crippen LogP contribution in [0.25, 0.3) is 0 Å². The first-order chi connectivity index (χ1) is 14.3. The summed E-state index contributed by atoms with van der Waals surface area (Å²) in [7, 11) is 0. The van der Waals surface area contributed by atoms with E-state index in [9.17, 15) is 9.59 Å². The monoisotopic (exact) mass is 407 g/mol. The van der Waals surface area contributed by atoms with E-state index in [1.807, 2.05) is 62.9 Å². The molecular formula is C25H29NO4. The number of likely N-dealkylation sites (tertiary alicyclic amines) is 1. The van der Waals surface area contributed by atoms with Crippen molar-refractivity contribution in [2.24, 2.45) is 0 Å². The molecule has 1 saturated heterocycles. The summed E-state index contributed by atoms with van der Waals surface area (Å²) in [5.41, 5.74) is 4.61. The van der Waals surface area contributed by atoms with Gasteiger partial charge in [-0.2, -0.15) is 0 Å². The van der Waals surface area contributed by atoms with Crippen LogP contribution in [0.4, 0.5) is 0 Å². The Hall–Kier alpha value is -2.82. The molecule has 5 nitrogen and oxygen atoms in total. The Morgan fingerprint density at radius 2 is 1.77 bits per heavy atom. The molecule has 158 valence electrons. The van der Waals surface area contributed by atoms with Gasteiger partial charge in [0.2, 0.25) is 0 Å². The second kappa shape index (κ2) is 7.78. The number of ketones is 1. The average Bonchev–Trinajstić information content (AvgIpc) is 2.68. The van der Waals surface area contributed by atoms with Crippen molar-refractivity contribution in [3.8, 4) is 11.5 Å². The number of hydrogen-bond donors (Lipinski definition) is 0. The van der Waals surface area contributed by atoms with Crippen LogP contribution in [-0.4, -0.2) is 41.9 Å². The highest BCUT2D eigenvalue weighted by molar-refractivity contribution is 6.01. The van der Waals surface area contributed by atoms with Gasteiger partial charge in [-0.25, -0.2) is 0 Å². The summed E-state index contributed by atoms with van der Waals surface area (Å²) in [5, 5.41) is 0. The van der Waals surface area contributed by atoms with Crippen molar-refractivity contribution < 1.29 is 19.1 Å². The molecule has 0 aliphatic carbocycles. The lowest BCUT2D eigenvalue weighted by atomic mass is 9.81. The number of hydrogen-bond acceptors (Lipinski definition) is 4. The summed E-state index contributed by atoms with van der Waals surface area (Å²) < 4.78 is 12.1. The van der Waals surface area contributed by atoms with Gasteiger partial charge in [-0.1, -0.05) is 12.1 Å². The van der Waals surface area contributed by atoms with Crippen LogP contribution >= 0.6 is 0 Å². The molecule has 2 aliphatic heterocycles. The molecule has 5 heteroatoms. The number of amides is 1. The Morgan fingerprint density at radius 1 is 1.03 bits per heavy atom. The number of piperidine rings is 1. The fraction of sp³-hybridized carbons (Fsp3) is 0.440. The molecule has 2 aromatic rings. The third kappa shape index (κ3) is 3.93. The highest BCUT2D eigenvalue weighted by Crippen LogP contribution is 2.41. The van der Waals surface area contributed by atoms with Gasteiger partial charge in [0.15, 0.2) is 12.4 Å². The van der Waals surface area contributed by atoms with Crippen LogP contribution in [0.3, 0.4) is 0 Å². The molecule has 0 saturated carbocycles. The zero-order valence-electron chi connectivity index (χ0n) is 18.2. The molecule has 1 amide bonds. The van der Waals surface area contributed by atoms with Crippen LogP contribution in [0.15, 0.2) is 30.3 Å². The quantitative estimate of drug-likeness (QED) is 0.760. The van der Waals surface area contributed by atoms with Crippen LogP contribution < -0.4 is 9.47 Å². The van der Waals surface area contributed by atoms with Gasteiger partial charge < -0.3 is 14.4 Å². The van der Waals surface area contributed by atoms with Gasteiger partial charge in [0.25, 0.3) is 5.91 Å². The number of carbonyl (C=O) groups excluding carboxylic acids is 2. The summed E-state index contributed by atoms with van der Waals surface area (Å²) >= 11 is 0. The van der Waals surface area contributed by atoms with Crippen molar-refractivity contribution in [3.63, 3.8) is 0 Å². The molecule has 0 atom stereocenters. The fourth-order valence-corrected chi connectivity index (χ4v) is 4.50. The molecule has 4 rings (SSSR count). The van der Waals surface area contributed by atoms with E-state index < -0.39 is 5.60 Å². The van der Waals surface area contributed by atoms with Gasteiger partial charge in [-0.3, -0.25) is 9.59 Å². The molecule has 2 heterocycles. The van der Waals surface area contributed by atoms with Crippen LogP contribution in [0.1, 0.15) is 51.9 Å². The molecule has 1 fully saturated rings. The minimum Gasteiger partial charge on any atom is -0.486 e. The molecule has 1 spiro atoms. The zero-order valence-corrected chi connectivity index (χ0v) is 18.2. The number of benzene rings is 2. The van der Waals surface area contributed by atoms with Gasteiger partial charge in [-0.05, 0) is 68.1 Å². The fourth-order valence-electron chi connectivity index (χ4n) is 4.50. The molecule has 0 aromatic heterocycles. The number of carbonyl (C=O) groups is 2. The van der Waals surface area contributed by atoms with Crippen molar-refractivity contribution in [3.05, 3.63) is 58.1 Å². The Balaban J connectivity index is 1.38. The van der Waals surface area contributed by atoms with Gasteiger partial charge in [0, 0.05) is 25.9 Å². The molecule has 0 radical (unpaired) electrons. The topological polar surface area (TPSA) is 55.8 Å². The standard InChI is InChI=1S/C25H29NO4/c1-16-11-19(4)24-21(27)14-25(30-22(24)12-16)7-9-26(10-8-25)23(28)15-29-20-6-5-17(2)18(3)13-20/h5-6,11-13H,7-10,14-15H2,1-4H3. The first-order valence-corrected chi connectivity index (χ1v) is 10.6. The lowest BCUT2D eigenvalue weighted by Gasteiger charge is -2.44. The first-order valence-electron chi connectivity index (χ1n) is 10.6. The number of nitrogens with zero attached hydrogens (tertiary/aromatic N) is 1. The lowest BCUT2D eigenvalue weighted by Crippen LogP contribution is -2.53. The van der Waals surface area contributed by atoms with Gasteiger partial charge in [0.1, 0.15) is 17.1 Å². The van der Waals surface area contributed by atoms with E-state index in [2.05, 4.69) is 0 Å². The van der Waals surface area contributed by atoms with E-state index >= 15 is 0 Å². The van der Waals surface area contributed by atoms with Crippen molar-refractivity contribution in [1.82, 2.24) is 4.90 Å². The third-order valence-corrected chi connectivity index (χ3v) is 6.40. The van der Waals surface area contributed by atoms with Crippen molar-refractivity contribution >= 4 is 11.7 Å². The van der Waals surface area contributed by atoms with E-state index in [0.717, 1.165) is 16.7 Å². The molecule has 2 aromatic carbocycles. The summed E-state index contributed by atoms with van der Waals surface area (Å²) in [4.78, 5) is 27.3. The SMILES string of the molecule is Cc1cc(C)c2c(c1)OC1(CCN(C(=O)COc3ccc(C)c(C)c3)CC1)CC2=O. The van der Waals surface area contributed by atoms with Crippen LogP contribution in [0, 0.1) is 27.7 Å². The predicted octanol–water partition coefficient (Wildman–Crippen LogP) is 4.33. The van der Waals surface area contributed by atoms with E-state index in [4.69, 9.17) is 9.47 Å². The van der Waals surface area contributed by atoms with E-state index in [1.165, 1.54) is 5.56 Å². The molecule has 30 heavy (non-hydrogen) atoms. The third-order valence-electron chi connectivity index (χ3n) is 6.40. The molecule has 2 aliphatic rings. The molecular weight excluding hydrogens is 378 g/mol. The minimum absolute atomic E-state index is 0.0243. The summed E-state index contributed by atoms with van der Waals surface area (Å²) in [6.07, 6.45) is 1.69.